The van der Waals surface area contributed by atoms with Gasteiger partial charge in [-0.1, -0.05) is 18.2 Å². The third kappa shape index (κ3) is 2.64. The smallest absolute Gasteiger partial charge is 0.224 e. The van der Waals surface area contributed by atoms with Crippen molar-refractivity contribution in [2.45, 2.75) is 18.9 Å². The monoisotopic (exact) mass is 288 g/mol. The highest BCUT2D eigenvalue weighted by atomic mass is 19.1. The van der Waals surface area contributed by atoms with Gasteiger partial charge in [0.05, 0.1) is 6.04 Å². The van der Waals surface area contributed by atoms with Crippen LogP contribution in [0.2, 0.25) is 0 Å². The van der Waals surface area contributed by atoms with E-state index < -0.39 is 17.7 Å². The Bertz CT molecular complexity index is 715. The van der Waals surface area contributed by atoms with E-state index in [0.717, 1.165) is 22.9 Å². The summed E-state index contributed by atoms with van der Waals surface area (Å²) in [5, 5.41) is 2.78. The van der Waals surface area contributed by atoms with Crippen LogP contribution >= 0.6 is 0 Å². The van der Waals surface area contributed by atoms with E-state index in [-0.39, 0.29) is 11.5 Å². The molecule has 0 bridgehead atoms. The zero-order valence-corrected chi connectivity index (χ0v) is 11.2. The summed E-state index contributed by atoms with van der Waals surface area (Å²) in [6.45, 7) is 0. The molecule has 0 radical (unpaired) electrons. The number of hydrogen-bond donors (Lipinski definition) is 2. The summed E-state index contributed by atoms with van der Waals surface area (Å²) >= 11 is 0. The van der Waals surface area contributed by atoms with E-state index in [0.29, 0.717) is 12.8 Å². The van der Waals surface area contributed by atoms with Gasteiger partial charge in [0.15, 0.2) is 0 Å². The molecule has 3 N–H and O–H groups in total. The van der Waals surface area contributed by atoms with Crippen LogP contribution in [0.15, 0.2) is 36.4 Å². The minimum atomic E-state index is -0.673. The van der Waals surface area contributed by atoms with Gasteiger partial charge < -0.3 is 11.1 Å². The first-order chi connectivity index (χ1) is 10.0. The number of hydrogen-bond acceptors (Lipinski definition) is 2. The fourth-order valence-corrected chi connectivity index (χ4v) is 2.53. The van der Waals surface area contributed by atoms with E-state index in [1.807, 2.05) is 6.07 Å². The van der Waals surface area contributed by atoms with Crippen LogP contribution in [0.4, 0.5) is 14.5 Å². The highest BCUT2D eigenvalue weighted by molar-refractivity contribution is 5.93. The molecule has 0 aromatic heterocycles. The van der Waals surface area contributed by atoms with E-state index >= 15 is 0 Å². The van der Waals surface area contributed by atoms with E-state index in [1.165, 1.54) is 12.1 Å². The maximum Gasteiger partial charge on any atom is 0.224 e. The normalized spacial score (nSPS) is 15.3. The van der Waals surface area contributed by atoms with Gasteiger partial charge in [-0.3, -0.25) is 4.79 Å². The summed E-state index contributed by atoms with van der Waals surface area (Å²) in [6.07, 6.45) is 1.06. The Kier molecular flexibility index (Phi) is 3.43. The lowest BCUT2D eigenvalue weighted by molar-refractivity contribution is -0.116. The minimum absolute atomic E-state index is 0.0101. The zero-order chi connectivity index (χ0) is 15.0. The van der Waals surface area contributed by atoms with Crippen molar-refractivity contribution in [3.63, 3.8) is 0 Å². The lowest BCUT2D eigenvalue weighted by atomic mass is 9.94. The Morgan fingerprint density at radius 2 is 1.90 bits per heavy atom. The molecular formula is C16H14F2N2O. The molecule has 0 spiro atoms. The third-order valence-electron chi connectivity index (χ3n) is 3.68. The van der Waals surface area contributed by atoms with Crippen LogP contribution < -0.4 is 11.1 Å². The number of fused-ring (bicyclic) bond motifs is 1. The summed E-state index contributed by atoms with van der Waals surface area (Å²) in [4.78, 5) is 11.3. The van der Waals surface area contributed by atoms with E-state index in [2.05, 4.69) is 5.32 Å². The van der Waals surface area contributed by atoms with Crippen LogP contribution in [-0.2, 0) is 11.2 Å². The molecular weight excluding hydrogens is 274 g/mol. The van der Waals surface area contributed by atoms with Crippen molar-refractivity contribution < 1.29 is 13.6 Å². The fourth-order valence-electron chi connectivity index (χ4n) is 2.53. The van der Waals surface area contributed by atoms with Gasteiger partial charge in [-0.2, -0.15) is 0 Å². The average Bonchev–Trinajstić information content (AvgIpc) is 2.46. The number of rotatable bonds is 2. The Morgan fingerprint density at radius 3 is 2.67 bits per heavy atom. The molecule has 0 saturated heterocycles. The molecule has 1 aliphatic heterocycles. The molecule has 1 aliphatic rings. The van der Waals surface area contributed by atoms with Crippen LogP contribution in [0.5, 0.6) is 0 Å². The van der Waals surface area contributed by atoms with E-state index in [4.69, 9.17) is 5.73 Å². The molecule has 1 atom stereocenters. The van der Waals surface area contributed by atoms with E-state index in [1.54, 1.807) is 12.1 Å². The largest absolute Gasteiger partial charge is 0.326 e. The predicted octanol–water partition coefficient (Wildman–Crippen LogP) is 2.90. The third-order valence-corrected chi connectivity index (χ3v) is 3.68. The first-order valence-corrected chi connectivity index (χ1v) is 6.68. The second-order valence-electron chi connectivity index (χ2n) is 5.11. The van der Waals surface area contributed by atoms with Crippen molar-refractivity contribution in [1.82, 2.24) is 0 Å². The number of carbonyl (C=O) groups excluding carboxylic acids is 1. The van der Waals surface area contributed by atoms with Gasteiger partial charge in [0.25, 0.3) is 0 Å². The van der Waals surface area contributed by atoms with Crippen molar-refractivity contribution in [3.05, 3.63) is 64.7 Å². The SMILES string of the molecule is NC(c1ccc2c(c1)CCC(=O)N2)c1ccc(F)cc1F. The topological polar surface area (TPSA) is 55.1 Å². The number of amides is 1. The van der Waals surface area contributed by atoms with Crippen molar-refractivity contribution >= 4 is 11.6 Å². The van der Waals surface area contributed by atoms with Crippen LogP contribution in [0.25, 0.3) is 0 Å². The molecule has 1 amide bonds. The zero-order valence-electron chi connectivity index (χ0n) is 11.2. The number of halogens is 2. The molecule has 21 heavy (non-hydrogen) atoms. The first-order valence-electron chi connectivity index (χ1n) is 6.68. The second-order valence-corrected chi connectivity index (χ2v) is 5.11. The lowest BCUT2D eigenvalue weighted by Crippen LogP contribution is -2.20. The average molecular weight is 288 g/mol. The van der Waals surface area contributed by atoms with Gasteiger partial charge in [-0.15, -0.1) is 0 Å². The molecule has 5 heteroatoms. The molecule has 2 aromatic carbocycles. The Balaban J connectivity index is 1.95. The van der Waals surface area contributed by atoms with Crippen molar-refractivity contribution in [3.8, 4) is 0 Å². The van der Waals surface area contributed by atoms with Gasteiger partial charge >= 0.3 is 0 Å². The maximum absolute atomic E-state index is 13.8. The summed E-state index contributed by atoms with van der Waals surface area (Å²) < 4.78 is 26.8. The lowest BCUT2D eigenvalue weighted by Gasteiger charge is -2.20. The molecule has 0 saturated carbocycles. The van der Waals surface area contributed by atoms with Crippen molar-refractivity contribution in [2.75, 3.05) is 5.32 Å². The van der Waals surface area contributed by atoms with Crippen LogP contribution in [0.1, 0.15) is 29.2 Å². The maximum atomic E-state index is 13.8. The standard InChI is InChI=1S/C16H14F2N2O/c17-11-3-4-12(13(18)8-11)16(19)10-1-5-14-9(7-10)2-6-15(21)20-14/h1,3-5,7-8,16H,2,6,19H2,(H,20,21). The van der Waals surface area contributed by atoms with Crippen LogP contribution in [0, 0.1) is 11.6 Å². The molecule has 0 fully saturated rings. The molecule has 1 heterocycles. The van der Waals surface area contributed by atoms with Gasteiger partial charge in [0, 0.05) is 23.7 Å². The van der Waals surface area contributed by atoms with Crippen molar-refractivity contribution in [2.24, 2.45) is 5.73 Å². The number of anilines is 1. The van der Waals surface area contributed by atoms with Crippen LogP contribution in [-0.4, -0.2) is 5.91 Å². The predicted molar refractivity (Wildman–Crippen MR) is 75.8 cm³/mol. The number of carbonyl (C=O) groups is 1. The highest BCUT2D eigenvalue weighted by Gasteiger charge is 2.19. The number of nitrogens with two attached hydrogens (primary N) is 1. The molecule has 108 valence electrons. The van der Waals surface area contributed by atoms with Gasteiger partial charge in [0.1, 0.15) is 11.6 Å². The number of benzene rings is 2. The van der Waals surface area contributed by atoms with Crippen LogP contribution in [0.3, 0.4) is 0 Å². The fraction of sp³-hybridized carbons (Fsp3) is 0.188. The Labute approximate surface area is 120 Å². The summed E-state index contributed by atoms with van der Waals surface area (Å²) in [5.74, 6) is -1.30. The summed E-state index contributed by atoms with van der Waals surface area (Å²) in [5.41, 5.74) is 8.80. The first kappa shape index (κ1) is 13.7. The second kappa shape index (κ2) is 5.26. The van der Waals surface area contributed by atoms with Crippen molar-refractivity contribution in [1.29, 1.82) is 0 Å². The number of aryl methyl sites for hydroxylation is 1. The molecule has 3 nitrogen and oxygen atoms in total. The van der Waals surface area contributed by atoms with Gasteiger partial charge in [-0.25, -0.2) is 8.78 Å². The van der Waals surface area contributed by atoms with Gasteiger partial charge in [-0.05, 0) is 29.7 Å². The molecule has 0 aliphatic carbocycles. The Morgan fingerprint density at radius 1 is 1.10 bits per heavy atom. The molecule has 3 rings (SSSR count). The number of nitrogens with one attached hydrogen (secondary N) is 1. The quantitative estimate of drug-likeness (QED) is 0.892. The highest BCUT2D eigenvalue weighted by Crippen LogP contribution is 2.29. The molecule has 2 aromatic rings. The summed E-state index contributed by atoms with van der Waals surface area (Å²) in [7, 11) is 0. The summed E-state index contributed by atoms with van der Waals surface area (Å²) in [6, 6.07) is 8.08. The Hall–Kier alpha value is -2.27. The van der Waals surface area contributed by atoms with E-state index in [9.17, 15) is 13.6 Å². The molecule has 1 unspecified atom stereocenters. The minimum Gasteiger partial charge on any atom is -0.326 e. The van der Waals surface area contributed by atoms with Gasteiger partial charge in [0.2, 0.25) is 5.91 Å².